The van der Waals surface area contributed by atoms with Gasteiger partial charge in [0.05, 0.1) is 0 Å². The molecule has 1 aromatic carbocycles. The highest BCUT2D eigenvalue weighted by Gasteiger charge is 2.22. The second-order valence-electron chi connectivity index (χ2n) is 7.62. The van der Waals surface area contributed by atoms with Gasteiger partial charge in [-0.2, -0.15) is 5.10 Å². The zero-order valence-corrected chi connectivity index (χ0v) is 17.9. The molecule has 0 aliphatic carbocycles. The summed E-state index contributed by atoms with van der Waals surface area (Å²) in [6, 6.07) is 8.41. The summed E-state index contributed by atoms with van der Waals surface area (Å²) >= 11 is 0. The van der Waals surface area contributed by atoms with Crippen molar-refractivity contribution in [3.8, 4) is 0 Å². The normalized spacial score (nSPS) is 17.4. The molecule has 7 nitrogen and oxygen atoms in total. The second kappa shape index (κ2) is 10.2. The van der Waals surface area contributed by atoms with Crippen LogP contribution >= 0.6 is 12.4 Å². The summed E-state index contributed by atoms with van der Waals surface area (Å²) in [6.45, 7) is 10.9. The van der Waals surface area contributed by atoms with E-state index < -0.39 is 0 Å². The Labute approximate surface area is 178 Å². The maximum Gasteiger partial charge on any atom is 0.272 e. The first-order chi connectivity index (χ1) is 13.7. The minimum atomic E-state index is -0.104. The summed E-state index contributed by atoms with van der Waals surface area (Å²) in [6.07, 6.45) is 0.893. The largest absolute Gasteiger partial charge is 0.347 e. The van der Waals surface area contributed by atoms with Crippen LogP contribution in [0.1, 0.15) is 39.8 Å². The van der Waals surface area contributed by atoms with Gasteiger partial charge in [0.1, 0.15) is 0 Å². The van der Waals surface area contributed by atoms with E-state index >= 15 is 0 Å². The van der Waals surface area contributed by atoms with E-state index in [2.05, 4.69) is 55.8 Å². The Balaban J connectivity index is 0.00000240. The molecule has 2 aliphatic heterocycles. The number of carbonyl (C=O) groups is 1. The van der Waals surface area contributed by atoms with Crippen LogP contribution in [0.15, 0.2) is 24.3 Å². The Hall–Kier alpha value is -1.93. The number of aromatic nitrogens is 2. The molecule has 1 amide bonds. The zero-order valence-electron chi connectivity index (χ0n) is 17.0. The molecule has 3 N–H and O–H groups in total. The molecule has 3 heterocycles. The van der Waals surface area contributed by atoms with Crippen LogP contribution in [-0.4, -0.2) is 65.2 Å². The summed E-state index contributed by atoms with van der Waals surface area (Å²) in [4.78, 5) is 17.7. The predicted octanol–water partition coefficient (Wildman–Crippen LogP) is 1.54. The molecule has 0 radical (unpaired) electrons. The Morgan fingerprint density at radius 1 is 1.14 bits per heavy atom. The highest BCUT2D eigenvalue weighted by Crippen LogP contribution is 2.17. The summed E-state index contributed by atoms with van der Waals surface area (Å²) in [7, 11) is 0. The fourth-order valence-electron chi connectivity index (χ4n) is 4.06. The number of piperazine rings is 1. The highest BCUT2D eigenvalue weighted by molar-refractivity contribution is 5.94. The van der Waals surface area contributed by atoms with Crippen LogP contribution in [0.4, 0.5) is 0 Å². The van der Waals surface area contributed by atoms with Crippen LogP contribution in [0.25, 0.3) is 0 Å². The van der Waals surface area contributed by atoms with Crippen molar-refractivity contribution in [3.05, 3.63) is 52.3 Å². The SMILES string of the molecule is CCN1CCN(Cc2ccccc2CNC(=O)c2n[nH]c3c2CNCC3)CC1.Cl. The average Bonchev–Trinajstić information content (AvgIpc) is 3.18. The molecule has 158 valence electrons. The number of benzene rings is 1. The molecule has 4 rings (SSSR count). The van der Waals surface area contributed by atoms with Crippen LogP contribution in [0, 0.1) is 0 Å². The first-order valence-corrected chi connectivity index (χ1v) is 10.3. The zero-order chi connectivity index (χ0) is 19.3. The Morgan fingerprint density at radius 3 is 2.62 bits per heavy atom. The van der Waals surface area contributed by atoms with E-state index in [1.54, 1.807) is 0 Å². The summed E-state index contributed by atoms with van der Waals surface area (Å²) < 4.78 is 0. The van der Waals surface area contributed by atoms with Crippen molar-refractivity contribution in [2.75, 3.05) is 39.3 Å². The van der Waals surface area contributed by atoms with Gasteiger partial charge in [-0.1, -0.05) is 31.2 Å². The van der Waals surface area contributed by atoms with E-state index in [1.807, 2.05) is 6.07 Å². The number of amides is 1. The number of fused-ring (bicyclic) bond motifs is 1. The molecule has 1 fully saturated rings. The third-order valence-corrected chi connectivity index (χ3v) is 5.89. The van der Waals surface area contributed by atoms with E-state index in [4.69, 9.17) is 0 Å². The lowest BCUT2D eigenvalue weighted by molar-refractivity contribution is 0.0944. The van der Waals surface area contributed by atoms with Crippen molar-refractivity contribution < 1.29 is 4.79 Å². The molecule has 2 aromatic rings. The van der Waals surface area contributed by atoms with Gasteiger partial charge >= 0.3 is 0 Å². The van der Waals surface area contributed by atoms with Crippen LogP contribution in [-0.2, 0) is 26.1 Å². The van der Waals surface area contributed by atoms with Crippen molar-refractivity contribution in [2.45, 2.75) is 33.0 Å². The number of carbonyl (C=O) groups excluding carboxylic acids is 1. The molecule has 0 bridgehead atoms. The van der Waals surface area contributed by atoms with Crippen LogP contribution in [0.5, 0.6) is 0 Å². The number of halogens is 1. The number of rotatable bonds is 6. The van der Waals surface area contributed by atoms with Crippen molar-refractivity contribution in [3.63, 3.8) is 0 Å². The molecule has 2 aliphatic rings. The molecule has 8 heteroatoms. The van der Waals surface area contributed by atoms with E-state index in [1.165, 1.54) is 11.1 Å². The minimum Gasteiger partial charge on any atom is -0.347 e. The van der Waals surface area contributed by atoms with E-state index in [0.29, 0.717) is 18.8 Å². The number of likely N-dealkylation sites (N-methyl/N-ethyl adjacent to an activating group) is 1. The third kappa shape index (κ3) is 5.17. The first kappa shape index (κ1) is 21.8. The minimum absolute atomic E-state index is 0. The van der Waals surface area contributed by atoms with Gasteiger partial charge < -0.3 is 15.5 Å². The van der Waals surface area contributed by atoms with Crippen LogP contribution in [0.2, 0.25) is 0 Å². The molecule has 0 atom stereocenters. The topological polar surface area (TPSA) is 76.3 Å². The molecule has 1 aromatic heterocycles. The fourth-order valence-corrected chi connectivity index (χ4v) is 4.06. The van der Waals surface area contributed by atoms with Gasteiger partial charge in [0.15, 0.2) is 5.69 Å². The smallest absolute Gasteiger partial charge is 0.272 e. The van der Waals surface area contributed by atoms with E-state index in [0.717, 1.165) is 63.5 Å². The standard InChI is InChI=1S/C21H30N6O.ClH/c1-2-26-9-11-27(12-10-26)15-17-6-4-3-5-16(17)13-23-21(28)20-18-14-22-8-7-19(18)24-25-20;/h3-6,22H,2,7-15H2,1H3,(H,23,28)(H,24,25);1H. The maximum atomic E-state index is 12.7. The molecule has 0 spiro atoms. The van der Waals surface area contributed by atoms with Crippen LogP contribution in [0.3, 0.4) is 0 Å². The molecule has 0 unspecified atom stereocenters. The highest BCUT2D eigenvalue weighted by atomic mass is 35.5. The molecular formula is C21H31ClN6O. The maximum absolute atomic E-state index is 12.7. The number of nitrogens with one attached hydrogen (secondary N) is 3. The Kier molecular flexibility index (Phi) is 7.66. The summed E-state index contributed by atoms with van der Waals surface area (Å²) in [5, 5.41) is 13.6. The quantitative estimate of drug-likeness (QED) is 0.663. The lowest BCUT2D eigenvalue weighted by Gasteiger charge is -2.34. The van der Waals surface area contributed by atoms with Gasteiger partial charge in [-0.25, -0.2) is 0 Å². The van der Waals surface area contributed by atoms with Crippen molar-refractivity contribution in [1.82, 2.24) is 30.6 Å². The Bertz CT molecular complexity index is 815. The second-order valence-corrected chi connectivity index (χ2v) is 7.62. The predicted molar refractivity (Wildman–Crippen MR) is 116 cm³/mol. The van der Waals surface area contributed by atoms with Crippen molar-refractivity contribution in [2.24, 2.45) is 0 Å². The Morgan fingerprint density at radius 2 is 1.86 bits per heavy atom. The number of aromatic amines is 1. The molecule has 29 heavy (non-hydrogen) atoms. The van der Waals surface area contributed by atoms with Gasteiger partial charge in [0, 0.05) is 70.0 Å². The fraction of sp³-hybridized carbons (Fsp3) is 0.524. The molecular weight excluding hydrogens is 388 g/mol. The van der Waals surface area contributed by atoms with E-state index in [9.17, 15) is 4.79 Å². The van der Waals surface area contributed by atoms with Gasteiger partial charge in [-0.15, -0.1) is 12.4 Å². The molecule has 1 saturated heterocycles. The van der Waals surface area contributed by atoms with Crippen molar-refractivity contribution >= 4 is 18.3 Å². The average molecular weight is 419 g/mol. The lowest BCUT2D eigenvalue weighted by Crippen LogP contribution is -2.45. The van der Waals surface area contributed by atoms with Crippen molar-refractivity contribution in [1.29, 1.82) is 0 Å². The van der Waals surface area contributed by atoms with Gasteiger partial charge in [0.25, 0.3) is 5.91 Å². The summed E-state index contributed by atoms with van der Waals surface area (Å²) in [5.74, 6) is -0.104. The number of nitrogens with zero attached hydrogens (tertiary/aromatic N) is 3. The third-order valence-electron chi connectivity index (χ3n) is 5.89. The lowest BCUT2D eigenvalue weighted by atomic mass is 10.1. The number of hydrogen-bond acceptors (Lipinski definition) is 5. The number of H-pyrrole nitrogens is 1. The summed E-state index contributed by atoms with van der Waals surface area (Å²) in [5.41, 5.74) is 5.08. The van der Waals surface area contributed by atoms with E-state index in [-0.39, 0.29) is 18.3 Å². The first-order valence-electron chi connectivity index (χ1n) is 10.3. The van der Waals surface area contributed by atoms with Gasteiger partial charge in [-0.05, 0) is 17.7 Å². The van der Waals surface area contributed by atoms with Gasteiger partial charge in [0.2, 0.25) is 0 Å². The van der Waals surface area contributed by atoms with Crippen LogP contribution < -0.4 is 10.6 Å². The number of hydrogen-bond donors (Lipinski definition) is 3. The monoisotopic (exact) mass is 418 g/mol. The van der Waals surface area contributed by atoms with Gasteiger partial charge in [-0.3, -0.25) is 14.8 Å². The molecule has 0 saturated carbocycles.